The van der Waals surface area contributed by atoms with Gasteiger partial charge in [0, 0.05) is 39.0 Å². The first-order valence-corrected chi connectivity index (χ1v) is 11.5. The molecule has 1 aliphatic heterocycles. The summed E-state index contributed by atoms with van der Waals surface area (Å²) in [5.74, 6) is 1.53. The topological polar surface area (TPSA) is 59.1 Å². The van der Waals surface area contributed by atoms with Crippen LogP contribution in [0.2, 0.25) is 10.0 Å². The number of rotatable bonds is 9. The van der Waals surface area contributed by atoms with Gasteiger partial charge < -0.3 is 19.3 Å². The molecule has 0 atom stereocenters. The Morgan fingerprint density at radius 3 is 2.16 bits per heavy atom. The number of hydrogen-bond acceptors (Lipinski definition) is 4. The summed E-state index contributed by atoms with van der Waals surface area (Å²) in [6.07, 6.45) is 2.13. The molecule has 0 aromatic heterocycles. The number of halogens is 2. The van der Waals surface area contributed by atoms with Gasteiger partial charge in [0.05, 0.1) is 18.7 Å². The molecular weight excluding hydrogens is 451 g/mol. The Hall–Kier alpha value is -2.44. The molecule has 1 aliphatic rings. The molecule has 0 unspecified atom stereocenters. The largest absolute Gasteiger partial charge is 0.497 e. The third kappa shape index (κ3) is 6.78. The van der Waals surface area contributed by atoms with Gasteiger partial charge in [0.25, 0.3) is 0 Å². The fourth-order valence-corrected chi connectivity index (χ4v) is 3.91. The number of methoxy groups -OCH3 is 1. The number of nitrogens with zero attached hydrogens (tertiary/aromatic N) is 2. The van der Waals surface area contributed by atoms with E-state index in [1.54, 1.807) is 25.3 Å². The highest BCUT2D eigenvalue weighted by Gasteiger charge is 2.23. The van der Waals surface area contributed by atoms with Crippen molar-refractivity contribution in [1.82, 2.24) is 9.80 Å². The maximum absolute atomic E-state index is 12.5. The molecule has 0 saturated carbocycles. The Morgan fingerprint density at radius 1 is 0.906 bits per heavy atom. The summed E-state index contributed by atoms with van der Waals surface area (Å²) < 4.78 is 10.8. The number of hydrogen-bond donors (Lipinski definition) is 0. The standard InChI is InChI=1S/C24H28Cl2N2O4/c1-31-19-10-7-18(8-11-19)9-12-23(30)28-15-13-27(14-16-28)22(29)6-3-17-32-21-5-2-4-20(25)24(21)26/h2,4-5,7-8,10-11H,3,6,9,12-17H2,1H3. The normalized spacial score (nSPS) is 13.7. The van der Waals surface area contributed by atoms with Crippen LogP contribution in [0.15, 0.2) is 42.5 Å². The van der Waals surface area contributed by atoms with Gasteiger partial charge in [-0.05, 0) is 42.7 Å². The summed E-state index contributed by atoms with van der Waals surface area (Å²) >= 11 is 12.1. The second kappa shape index (κ2) is 12.0. The van der Waals surface area contributed by atoms with E-state index in [1.807, 2.05) is 34.1 Å². The number of aryl methyl sites for hydroxylation is 1. The van der Waals surface area contributed by atoms with Gasteiger partial charge in [-0.1, -0.05) is 41.4 Å². The van der Waals surface area contributed by atoms with E-state index in [1.165, 1.54) is 0 Å². The molecule has 1 fully saturated rings. The Balaban J connectivity index is 1.33. The van der Waals surface area contributed by atoms with Crippen LogP contribution in [0.25, 0.3) is 0 Å². The minimum atomic E-state index is 0.0797. The number of carbonyl (C=O) groups is 2. The van der Waals surface area contributed by atoms with Crippen LogP contribution in [-0.2, 0) is 16.0 Å². The summed E-state index contributed by atoms with van der Waals surface area (Å²) in [5.41, 5.74) is 1.11. The first-order valence-electron chi connectivity index (χ1n) is 10.7. The number of benzene rings is 2. The van der Waals surface area contributed by atoms with Crippen LogP contribution < -0.4 is 9.47 Å². The Morgan fingerprint density at radius 2 is 1.53 bits per heavy atom. The highest BCUT2D eigenvalue weighted by Crippen LogP contribution is 2.31. The van der Waals surface area contributed by atoms with E-state index < -0.39 is 0 Å². The zero-order valence-electron chi connectivity index (χ0n) is 18.2. The van der Waals surface area contributed by atoms with Crippen LogP contribution in [0.1, 0.15) is 24.8 Å². The Bertz CT molecular complexity index is 913. The molecule has 8 heteroatoms. The molecule has 2 aromatic rings. The van der Waals surface area contributed by atoms with E-state index in [-0.39, 0.29) is 11.8 Å². The molecule has 6 nitrogen and oxygen atoms in total. The second-order valence-corrected chi connectivity index (χ2v) is 8.40. The summed E-state index contributed by atoms with van der Waals surface area (Å²) in [6, 6.07) is 13.0. The smallest absolute Gasteiger partial charge is 0.223 e. The van der Waals surface area contributed by atoms with Gasteiger partial charge in [-0.3, -0.25) is 9.59 Å². The van der Waals surface area contributed by atoms with Crippen LogP contribution in [0.4, 0.5) is 0 Å². The number of ether oxygens (including phenoxy) is 2. The van der Waals surface area contributed by atoms with E-state index in [0.29, 0.717) is 74.3 Å². The summed E-state index contributed by atoms with van der Waals surface area (Å²) in [6.45, 7) is 2.65. The lowest BCUT2D eigenvalue weighted by molar-refractivity contribution is -0.139. The number of carbonyl (C=O) groups excluding carboxylic acids is 2. The third-order valence-corrected chi connectivity index (χ3v) is 6.28. The van der Waals surface area contributed by atoms with Crippen molar-refractivity contribution < 1.29 is 19.1 Å². The zero-order valence-corrected chi connectivity index (χ0v) is 19.7. The molecule has 0 N–H and O–H groups in total. The fraction of sp³-hybridized carbons (Fsp3) is 0.417. The van der Waals surface area contributed by atoms with Crippen molar-refractivity contribution in [3.63, 3.8) is 0 Å². The molecule has 0 bridgehead atoms. The van der Waals surface area contributed by atoms with Crippen LogP contribution in [0.3, 0.4) is 0 Å². The second-order valence-electron chi connectivity index (χ2n) is 7.61. The predicted octanol–water partition coefficient (Wildman–Crippen LogP) is 4.46. The number of amides is 2. The monoisotopic (exact) mass is 478 g/mol. The average Bonchev–Trinajstić information content (AvgIpc) is 2.83. The SMILES string of the molecule is COc1ccc(CCC(=O)N2CCN(C(=O)CCCOc3cccc(Cl)c3Cl)CC2)cc1. The molecule has 2 aromatic carbocycles. The minimum absolute atomic E-state index is 0.0797. The minimum Gasteiger partial charge on any atom is -0.497 e. The van der Waals surface area contributed by atoms with Crippen molar-refractivity contribution >= 4 is 35.0 Å². The summed E-state index contributed by atoms with van der Waals surface area (Å²) in [4.78, 5) is 28.7. The molecule has 0 spiro atoms. The lowest BCUT2D eigenvalue weighted by Gasteiger charge is -2.35. The Kier molecular flexibility index (Phi) is 9.06. The van der Waals surface area contributed by atoms with Crippen molar-refractivity contribution in [1.29, 1.82) is 0 Å². The average molecular weight is 479 g/mol. The highest BCUT2D eigenvalue weighted by molar-refractivity contribution is 6.42. The molecule has 3 rings (SSSR count). The summed E-state index contributed by atoms with van der Waals surface area (Å²) in [5, 5.41) is 0.824. The maximum atomic E-state index is 12.5. The van der Waals surface area contributed by atoms with Crippen molar-refractivity contribution in [2.75, 3.05) is 39.9 Å². The van der Waals surface area contributed by atoms with Gasteiger partial charge in [0.15, 0.2) is 0 Å². The molecule has 32 heavy (non-hydrogen) atoms. The molecular formula is C24H28Cl2N2O4. The van der Waals surface area contributed by atoms with Gasteiger partial charge in [0.2, 0.25) is 11.8 Å². The van der Waals surface area contributed by atoms with Gasteiger partial charge in [0.1, 0.15) is 16.5 Å². The van der Waals surface area contributed by atoms with E-state index in [9.17, 15) is 9.59 Å². The van der Waals surface area contributed by atoms with Crippen LogP contribution in [0.5, 0.6) is 11.5 Å². The van der Waals surface area contributed by atoms with Crippen LogP contribution in [0, 0.1) is 0 Å². The zero-order chi connectivity index (χ0) is 22.9. The molecule has 0 aliphatic carbocycles. The quantitative estimate of drug-likeness (QED) is 0.499. The molecule has 172 valence electrons. The highest BCUT2D eigenvalue weighted by atomic mass is 35.5. The number of piperazine rings is 1. The molecule has 0 radical (unpaired) electrons. The molecule has 2 amide bonds. The van der Waals surface area contributed by atoms with Crippen LogP contribution >= 0.6 is 23.2 Å². The lowest BCUT2D eigenvalue weighted by atomic mass is 10.1. The van der Waals surface area contributed by atoms with E-state index in [2.05, 4.69) is 0 Å². The first kappa shape index (κ1) is 24.2. The summed E-state index contributed by atoms with van der Waals surface area (Å²) in [7, 11) is 1.63. The van der Waals surface area contributed by atoms with Gasteiger partial charge in [-0.15, -0.1) is 0 Å². The van der Waals surface area contributed by atoms with Gasteiger partial charge in [-0.25, -0.2) is 0 Å². The molecule has 1 heterocycles. The van der Waals surface area contributed by atoms with Crippen molar-refractivity contribution in [3.8, 4) is 11.5 Å². The maximum Gasteiger partial charge on any atom is 0.223 e. The lowest BCUT2D eigenvalue weighted by Crippen LogP contribution is -2.50. The predicted molar refractivity (Wildman–Crippen MR) is 126 cm³/mol. The van der Waals surface area contributed by atoms with Gasteiger partial charge >= 0.3 is 0 Å². The van der Waals surface area contributed by atoms with Crippen molar-refractivity contribution in [2.45, 2.75) is 25.7 Å². The van der Waals surface area contributed by atoms with E-state index in [4.69, 9.17) is 32.7 Å². The fourth-order valence-electron chi connectivity index (χ4n) is 3.57. The van der Waals surface area contributed by atoms with E-state index in [0.717, 1.165) is 11.3 Å². The molecule has 1 saturated heterocycles. The van der Waals surface area contributed by atoms with Crippen molar-refractivity contribution in [3.05, 3.63) is 58.1 Å². The first-order chi connectivity index (χ1) is 15.5. The van der Waals surface area contributed by atoms with Crippen LogP contribution in [-0.4, -0.2) is 61.5 Å². The van der Waals surface area contributed by atoms with E-state index >= 15 is 0 Å². The Labute approximate surface area is 199 Å². The third-order valence-electron chi connectivity index (χ3n) is 5.48. The van der Waals surface area contributed by atoms with Gasteiger partial charge in [-0.2, -0.15) is 0 Å². The van der Waals surface area contributed by atoms with Crippen molar-refractivity contribution in [2.24, 2.45) is 0 Å².